The van der Waals surface area contributed by atoms with E-state index in [9.17, 15) is 9.18 Å². The summed E-state index contributed by atoms with van der Waals surface area (Å²) in [7, 11) is 2.07. The van der Waals surface area contributed by atoms with E-state index in [1.807, 2.05) is 0 Å². The maximum Gasteiger partial charge on any atom is 0.251 e. The Labute approximate surface area is 124 Å². The van der Waals surface area contributed by atoms with Crippen molar-refractivity contribution >= 4 is 5.91 Å². The fraction of sp³-hybridized carbons (Fsp3) is 0.438. The SMILES string of the molecule is CN1CCC(CNC(=O)c2ccc(C#CCN)c(F)c2)C1. The van der Waals surface area contributed by atoms with Crippen molar-refractivity contribution in [2.75, 3.05) is 33.2 Å². The van der Waals surface area contributed by atoms with E-state index in [4.69, 9.17) is 5.73 Å². The molecule has 0 saturated carbocycles. The Bertz CT molecular complexity index is 577. The van der Waals surface area contributed by atoms with E-state index in [-0.39, 0.29) is 18.0 Å². The molecule has 112 valence electrons. The van der Waals surface area contributed by atoms with Crippen LogP contribution in [0.2, 0.25) is 0 Å². The van der Waals surface area contributed by atoms with Gasteiger partial charge in [-0.25, -0.2) is 4.39 Å². The van der Waals surface area contributed by atoms with E-state index in [0.29, 0.717) is 18.0 Å². The number of benzene rings is 1. The average molecular weight is 289 g/mol. The molecule has 4 nitrogen and oxygen atoms in total. The Kier molecular flexibility index (Phi) is 5.32. The molecule has 5 heteroatoms. The average Bonchev–Trinajstić information content (AvgIpc) is 2.89. The van der Waals surface area contributed by atoms with Crippen molar-refractivity contribution in [1.29, 1.82) is 0 Å². The van der Waals surface area contributed by atoms with Crippen LogP contribution in [0.15, 0.2) is 18.2 Å². The van der Waals surface area contributed by atoms with Crippen LogP contribution in [0.1, 0.15) is 22.3 Å². The van der Waals surface area contributed by atoms with Gasteiger partial charge in [0.15, 0.2) is 0 Å². The van der Waals surface area contributed by atoms with E-state index < -0.39 is 5.82 Å². The largest absolute Gasteiger partial charge is 0.352 e. The van der Waals surface area contributed by atoms with Gasteiger partial charge in [0.2, 0.25) is 0 Å². The summed E-state index contributed by atoms with van der Waals surface area (Å²) in [6, 6.07) is 4.31. The van der Waals surface area contributed by atoms with Crippen molar-refractivity contribution in [1.82, 2.24) is 10.2 Å². The van der Waals surface area contributed by atoms with E-state index in [1.54, 1.807) is 6.07 Å². The zero-order valence-corrected chi connectivity index (χ0v) is 12.2. The molecule has 0 aromatic heterocycles. The number of amides is 1. The number of hydrogen-bond acceptors (Lipinski definition) is 3. The molecular formula is C16H20FN3O. The number of nitrogens with zero attached hydrogens (tertiary/aromatic N) is 1. The summed E-state index contributed by atoms with van der Waals surface area (Å²) in [6.45, 7) is 2.85. The Morgan fingerprint density at radius 2 is 2.38 bits per heavy atom. The lowest BCUT2D eigenvalue weighted by Crippen LogP contribution is -2.30. The first kappa shape index (κ1) is 15.5. The Hall–Kier alpha value is -1.90. The Morgan fingerprint density at radius 3 is 3.00 bits per heavy atom. The van der Waals surface area contributed by atoms with Crippen LogP contribution < -0.4 is 11.1 Å². The van der Waals surface area contributed by atoms with Crippen LogP contribution in [0.25, 0.3) is 0 Å². The summed E-state index contributed by atoms with van der Waals surface area (Å²) in [4.78, 5) is 14.3. The third-order valence-electron chi connectivity index (χ3n) is 3.60. The molecule has 1 aromatic carbocycles. The van der Waals surface area contributed by atoms with E-state index in [0.717, 1.165) is 19.5 Å². The third-order valence-corrected chi connectivity index (χ3v) is 3.60. The molecule has 21 heavy (non-hydrogen) atoms. The lowest BCUT2D eigenvalue weighted by Gasteiger charge is -2.11. The van der Waals surface area contributed by atoms with Crippen LogP contribution in [0.5, 0.6) is 0 Å². The number of nitrogens with two attached hydrogens (primary N) is 1. The summed E-state index contributed by atoms with van der Waals surface area (Å²) >= 11 is 0. The lowest BCUT2D eigenvalue weighted by molar-refractivity contribution is 0.0947. The summed E-state index contributed by atoms with van der Waals surface area (Å²) in [5.74, 6) is 4.95. The van der Waals surface area contributed by atoms with Gasteiger partial charge in [0.05, 0.1) is 12.1 Å². The number of likely N-dealkylation sites (tertiary alicyclic amines) is 1. The first-order valence-corrected chi connectivity index (χ1v) is 7.05. The van der Waals surface area contributed by atoms with Crippen LogP contribution >= 0.6 is 0 Å². The van der Waals surface area contributed by atoms with Gasteiger partial charge in [0.1, 0.15) is 5.82 Å². The van der Waals surface area contributed by atoms with Crippen LogP contribution in [0.3, 0.4) is 0 Å². The van der Waals surface area contributed by atoms with Gasteiger partial charge in [-0.3, -0.25) is 4.79 Å². The van der Waals surface area contributed by atoms with Crippen molar-refractivity contribution in [2.24, 2.45) is 11.7 Å². The van der Waals surface area contributed by atoms with E-state index in [2.05, 4.69) is 29.1 Å². The molecule has 0 spiro atoms. The molecule has 1 atom stereocenters. The number of rotatable bonds is 3. The Balaban J connectivity index is 1.94. The summed E-state index contributed by atoms with van der Waals surface area (Å²) in [5.41, 5.74) is 5.83. The van der Waals surface area contributed by atoms with Gasteiger partial charge in [-0.2, -0.15) is 0 Å². The molecule has 2 rings (SSSR count). The molecule has 1 fully saturated rings. The summed E-state index contributed by atoms with van der Waals surface area (Å²) in [5, 5.41) is 2.86. The fourth-order valence-electron chi connectivity index (χ4n) is 2.44. The van der Waals surface area contributed by atoms with Crippen LogP contribution in [-0.4, -0.2) is 44.0 Å². The fourth-order valence-corrected chi connectivity index (χ4v) is 2.44. The maximum absolute atomic E-state index is 13.8. The molecule has 1 amide bonds. The van der Waals surface area contributed by atoms with Crippen molar-refractivity contribution in [2.45, 2.75) is 6.42 Å². The lowest BCUT2D eigenvalue weighted by atomic mass is 10.1. The molecule has 1 aliphatic heterocycles. The second-order valence-corrected chi connectivity index (χ2v) is 5.33. The van der Waals surface area contributed by atoms with Crippen molar-refractivity contribution in [3.63, 3.8) is 0 Å². The van der Waals surface area contributed by atoms with Gasteiger partial charge in [-0.15, -0.1) is 0 Å². The molecule has 1 aliphatic rings. The highest BCUT2D eigenvalue weighted by molar-refractivity contribution is 5.94. The second kappa shape index (κ2) is 7.21. The summed E-state index contributed by atoms with van der Waals surface area (Å²) in [6.07, 6.45) is 1.08. The second-order valence-electron chi connectivity index (χ2n) is 5.33. The zero-order chi connectivity index (χ0) is 15.2. The maximum atomic E-state index is 13.8. The molecule has 1 saturated heterocycles. The molecule has 1 unspecified atom stereocenters. The quantitative estimate of drug-likeness (QED) is 0.810. The van der Waals surface area contributed by atoms with Gasteiger partial charge in [-0.05, 0) is 44.1 Å². The van der Waals surface area contributed by atoms with Crippen LogP contribution in [-0.2, 0) is 0 Å². The van der Waals surface area contributed by atoms with Gasteiger partial charge in [0.25, 0.3) is 5.91 Å². The number of nitrogens with one attached hydrogen (secondary N) is 1. The van der Waals surface area contributed by atoms with Crippen LogP contribution in [0, 0.1) is 23.6 Å². The zero-order valence-electron chi connectivity index (χ0n) is 12.2. The van der Waals surface area contributed by atoms with Crippen molar-refractivity contribution < 1.29 is 9.18 Å². The van der Waals surface area contributed by atoms with Gasteiger partial charge in [0, 0.05) is 18.7 Å². The van der Waals surface area contributed by atoms with Crippen molar-refractivity contribution in [3.05, 3.63) is 35.1 Å². The predicted octanol–water partition coefficient (Wildman–Crippen LogP) is 0.817. The highest BCUT2D eigenvalue weighted by Crippen LogP contribution is 2.14. The monoisotopic (exact) mass is 289 g/mol. The van der Waals surface area contributed by atoms with Gasteiger partial charge < -0.3 is 16.0 Å². The molecule has 1 aromatic rings. The van der Waals surface area contributed by atoms with Gasteiger partial charge >= 0.3 is 0 Å². The highest BCUT2D eigenvalue weighted by atomic mass is 19.1. The first-order valence-electron chi connectivity index (χ1n) is 7.05. The van der Waals surface area contributed by atoms with Crippen LogP contribution in [0.4, 0.5) is 4.39 Å². The minimum atomic E-state index is -0.496. The molecular weight excluding hydrogens is 269 g/mol. The molecule has 0 bridgehead atoms. The van der Waals surface area contributed by atoms with Gasteiger partial charge in [-0.1, -0.05) is 11.8 Å². The summed E-state index contributed by atoms with van der Waals surface area (Å²) < 4.78 is 13.8. The molecule has 1 heterocycles. The number of carbonyl (C=O) groups excluding carboxylic acids is 1. The highest BCUT2D eigenvalue weighted by Gasteiger charge is 2.20. The molecule has 3 N–H and O–H groups in total. The molecule has 0 radical (unpaired) electrons. The number of halogens is 1. The van der Waals surface area contributed by atoms with E-state index in [1.165, 1.54) is 12.1 Å². The van der Waals surface area contributed by atoms with Crippen molar-refractivity contribution in [3.8, 4) is 11.8 Å². The van der Waals surface area contributed by atoms with E-state index >= 15 is 0 Å². The topological polar surface area (TPSA) is 58.4 Å². The predicted molar refractivity (Wildman–Crippen MR) is 80.3 cm³/mol. The smallest absolute Gasteiger partial charge is 0.251 e. The first-order chi connectivity index (χ1) is 10.1. The number of carbonyl (C=O) groups is 1. The standard InChI is InChI=1S/C16H20FN3O/c1-20-8-6-12(11-20)10-19-16(21)14-5-4-13(3-2-7-18)15(17)9-14/h4-5,9,12H,6-8,10-11,18H2,1H3,(H,19,21). The minimum absolute atomic E-state index is 0.178. The molecule has 0 aliphatic carbocycles. The number of hydrogen-bond donors (Lipinski definition) is 2. The third kappa shape index (κ3) is 4.28. The Morgan fingerprint density at radius 1 is 1.57 bits per heavy atom. The normalized spacial score (nSPS) is 18.1. The minimum Gasteiger partial charge on any atom is -0.352 e.